The molecule has 20 heavy (non-hydrogen) atoms. The summed E-state index contributed by atoms with van der Waals surface area (Å²) in [6.45, 7) is 6.49. The Morgan fingerprint density at radius 1 is 1.65 bits per heavy atom. The number of amides is 1. The third kappa shape index (κ3) is 3.02. The maximum atomic E-state index is 12.3. The number of hydrogen-bond donors (Lipinski definition) is 3. The summed E-state index contributed by atoms with van der Waals surface area (Å²) in [6.07, 6.45) is 4.46. The van der Waals surface area contributed by atoms with Crippen molar-refractivity contribution >= 4 is 5.91 Å². The molecule has 0 radical (unpaired) electrons. The first kappa shape index (κ1) is 15.0. The van der Waals surface area contributed by atoms with Crippen LogP contribution < -0.4 is 5.32 Å². The molecule has 1 aliphatic rings. The van der Waals surface area contributed by atoms with Gasteiger partial charge in [0.2, 0.25) is 5.91 Å². The average Bonchev–Trinajstić information content (AvgIpc) is 2.88. The Morgan fingerprint density at radius 2 is 2.35 bits per heavy atom. The molecular weight excluding hydrogens is 258 g/mol. The Balaban J connectivity index is 1.84. The van der Waals surface area contributed by atoms with Crippen LogP contribution in [0.15, 0.2) is 12.5 Å². The number of imidazole rings is 1. The quantitative estimate of drug-likeness (QED) is 0.717. The van der Waals surface area contributed by atoms with Gasteiger partial charge >= 0.3 is 0 Å². The normalized spacial score (nSPS) is 26.1. The topological polar surface area (TPSA) is 87.2 Å². The first-order chi connectivity index (χ1) is 9.37. The largest absolute Gasteiger partial charge is 0.388 e. The third-order valence-corrected chi connectivity index (χ3v) is 3.93. The van der Waals surface area contributed by atoms with Crippen molar-refractivity contribution in [3.05, 3.63) is 18.2 Å². The van der Waals surface area contributed by atoms with Gasteiger partial charge in [-0.15, -0.1) is 0 Å². The SMILES string of the molecule is CCOC1CC(O)(CNC(=O)C(C)(C)c2cnc[nH]2)C1. The highest BCUT2D eigenvalue weighted by atomic mass is 16.5. The summed E-state index contributed by atoms with van der Waals surface area (Å²) in [7, 11) is 0. The lowest BCUT2D eigenvalue weighted by molar-refractivity contribution is -0.143. The molecule has 1 fully saturated rings. The highest BCUT2D eigenvalue weighted by Crippen LogP contribution is 2.34. The number of aliphatic hydroxyl groups is 1. The van der Waals surface area contributed by atoms with Crippen LogP contribution in [0.2, 0.25) is 0 Å². The molecular formula is C14H23N3O3. The van der Waals surface area contributed by atoms with E-state index in [0.29, 0.717) is 19.4 Å². The second kappa shape index (κ2) is 5.54. The molecule has 2 rings (SSSR count). The standard InChI is InChI=1S/C14H23N3O3/c1-4-20-10-5-14(19,6-10)8-16-12(18)13(2,3)11-7-15-9-17-11/h7,9-10,19H,4-6,8H2,1-3H3,(H,15,17)(H,16,18). The van der Waals surface area contributed by atoms with E-state index < -0.39 is 11.0 Å². The van der Waals surface area contributed by atoms with E-state index >= 15 is 0 Å². The van der Waals surface area contributed by atoms with Gasteiger partial charge in [0.15, 0.2) is 0 Å². The van der Waals surface area contributed by atoms with Crippen LogP contribution in [0.1, 0.15) is 39.3 Å². The molecule has 6 heteroatoms. The van der Waals surface area contributed by atoms with Crippen LogP contribution in [-0.2, 0) is 14.9 Å². The smallest absolute Gasteiger partial charge is 0.231 e. The molecule has 0 bridgehead atoms. The second-order valence-electron chi connectivity index (χ2n) is 5.98. The molecule has 1 heterocycles. The van der Waals surface area contributed by atoms with Crippen molar-refractivity contribution in [1.29, 1.82) is 0 Å². The minimum atomic E-state index is -0.834. The van der Waals surface area contributed by atoms with Gasteiger partial charge in [-0.2, -0.15) is 0 Å². The van der Waals surface area contributed by atoms with Gasteiger partial charge in [-0.3, -0.25) is 4.79 Å². The summed E-state index contributed by atoms with van der Waals surface area (Å²) < 4.78 is 5.42. The lowest BCUT2D eigenvalue weighted by Gasteiger charge is -2.43. The Morgan fingerprint density at radius 3 is 2.90 bits per heavy atom. The third-order valence-electron chi connectivity index (χ3n) is 3.93. The van der Waals surface area contributed by atoms with E-state index in [1.807, 2.05) is 20.8 Å². The Labute approximate surface area is 118 Å². The number of carbonyl (C=O) groups is 1. The fourth-order valence-corrected chi connectivity index (χ4v) is 2.47. The van der Waals surface area contributed by atoms with Crippen molar-refractivity contribution in [3.63, 3.8) is 0 Å². The molecule has 112 valence electrons. The molecule has 1 saturated carbocycles. The summed E-state index contributed by atoms with van der Waals surface area (Å²) >= 11 is 0. The fourth-order valence-electron chi connectivity index (χ4n) is 2.47. The number of H-pyrrole nitrogens is 1. The van der Waals surface area contributed by atoms with Gasteiger partial charge in [-0.25, -0.2) is 4.98 Å². The van der Waals surface area contributed by atoms with Crippen LogP contribution in [0.25, 0.3) is 0 Å². The van der Waals surface area contributed by atoms with Crippen molar-refractivity contribution < 1.29 is 14.6 Å². The number of carbonyl (C=O) groups excluding carboxylic acids is 1. The van der Waals surface area contributed by atoms with Crippen LogP contribution in [0.3, 0.4) is 0 Å². The molecule has 1 aromatic rings. The van der Waals surface area contributed by atoms with E-state index in [1.165, 1.54) is 0 Å². The zero-order valence-electron chi connectivity index (χ0n) is 12.3. The molecule has 0 atom stereocenters. The van der Waals surface area contributed by atoms with Crippen molar-refractivity contribution in [2.75, 3.05) is 13.2 Å². The molecule has 0 aliphatic heterocycles. The van der Waals surface area contributed by atoms with Gasteiger partial charge in [0.05, 0.1) is 23.4 Å². The van der Waals surface area contributed by atoms with E-state index in [2.05, 4.69) is 15.3 Å². The number of nitrogens with zero attached hydrogens (tertiary/aromatic N) is 1. The second-order valence-corrected chi connectivity index (χ2v) is 5.98. The predicted molar refractivity (Wildman–Crippen MR) is 74.2 cm³/mol. The van der Waals surface area contributed by atoms with E-state index in [1.54, 1.807) is 12.5 Å². The molecule has 0 unspecified atom stereocenters. The summed E-state index contributed by atoms with van der Waals surface area (Å²) in [5.74, 6) is -0.130. The van der Waals surface area contributed by atoms with Gasteiger partial charge < -0.3 is 20.1 Å². The number of hydrogen-bond acceptors (Lipinski definition) is 4. The van der Waals surface area contributed by atoms with Crippen molar-refractivity contribution in [1.82, 2.24) is 15.3 Å². The van der Waals surface area contributed by atoms with E-state index in [9.17, 15) is 9.90 Å². The number of aromatic nitrogens is 2. The molecule has 1 aliphatic carbocycles. The van der Waals surface area contributed by atoms with Gasteiger partial charge in [-0.05, 0) is 20.8 Å². The van der Waals surface area contributed by atoms with Crippen LogP contribution in [0.5, 0.6) is 0 Å². The highest BCUT2D eigenvalue weighted by molar-refractivity contribution is 5.86. The van der Waals surface area contributed by atoms with E-state index in [4.69, 9.17) is 4.74 Å². The van der Waals surface area contributed by atoms with Gasteiger partial charge in [0.1, 0.15) is 0 Å². The summed E-state index contributed by atoms with van der Waals surface area (Å²) in [4.78, 5) is 19.1. The minimum Gasteiger partial charge on any atom is -0.388 e. The van der Waals surface area contributed by atoms with Crippen LogP contribution >= 0.6 is 0 Å². The summed E-state index contributed by atoms with van der Waals surface area (Å²) in [6, 6.07) is 0. The maximum Gasteiger partial charge on any atom is 0.231 e. The first-order valence-corrected chi connectivity index (χ1v) is 6.98. The maximum absolute atomic E-state index is 12.3. The Bertz CT molecular complexity index is 450. The van der Waals surface area contributed by atoms with Gasteiger partial charge in [0.25, 0.3) is 0 Å². The van der Waals surface area contributed by atoms with Gasteiger partial charge in [0, 0.05) is 37.9 Å². The van der Waals surface area contributed by atoms with Crippen LogP contribution in [0.4, 0.5) is 0 Å². The zero-order chi connectivity index (χ0) is 14.8. The molecule has 3 N–H and O–H groups in total. The van der Waals surface area contributed by atoms with E-state index in [0.717, 1.165) is 5.69 Å². The molecule has 1 amide bonds. The molecule has 1 aromatic heterocycles. The predicted octanol–water partition coefficient (Wildman–Crippen LogP) is 0.733. The van der Waals surface area contributed by atoms with Crippen molar-refractivity contribution in [2.24, 2.45) is 0 Å². The lowest BCUT2D eigenvalue weighted by Crippen LogP contribution is -2.56. The van der Waals surface area contributed by atoms with Crippen LogP contribution in [0, 0.1) is 0 Å². The van der Waals surface area contributed by atoms with Crippen molar-refractivity contribution in [3.8, 4) is 0 Å². The fraction of sp³-hybridized carbons (Fsp3) is 0.714. The number of rotatable bonds is 6. The first-order valence-electron chi connectivity index (χ1n) is 6.98. The molecule has 0 spiro atoms. The van der Waals surface area contributed by atoms with Gasteiger partial charge in [-0.1, -0.05) is 0 Å². The monoisotopic (exact) mass is 281 g/mol. The summed E-state index contributed by atoms with van der Waals surface area (Å²) in [5.41, 5.74) is -0.780. The van der Waals surface area contributed by atoms with E-state index in [-0.39, 0.29) is 18.6 Å². The highest BCUT2D eigenvalue weighted by Gasteiger charge is 2.44. The zero-order valence-corrected chi connectivity index (χ0v) is 12.3. The number of nitrogens with one attached hydrogen (secondary N) is 2. The molecule has 6 nitrogen and oxygen atoms in total. The van der Waals surface area contributed by atoms with Crippen LogP contribution in [-0.4, -0.2) is 45.8 Å². The Hall–Kier alpha value is -1.40. The summed E-state index contributed by atoms with van der Waals surface area (Å²) in [5, 5.41) is 13.1. The lowest BCUT2D eigenvalue weighted by atomic mass is 9.77. The number of ether oxygens (including phenoxy) is 1. The average molecular weight is 281 g/mol. The van der Waals surface area contributed by atoms with Crippen molar-refractivity contribution in [2.45, 2.75) is 50.7 Å². The number of aromatic amines is 1. The molecule has 0 aromatic carbocycles. The Kier molecular flexibility index (Phi) is 4.15. The minimum absolute atomic E-state index is 0.113. The molecule has 0 saturated heterocycles.